The first-order valence-electron chi connectivity index (χ1n) is 6.37. The molecule has 0 bridgehead atoms. The van der Waals surface area contributed by atoms with Crippen LogP contribution in [0.25, 0.3) is 0 Å². The Bertz CT molecular complexity index is 396. The molecule has 3 N–H and O–H groups in total. The van der Waals surface area contributed by atoms with Crippen molar-refractivity contribution in [2.75, 3.05) is 13.2 Å². The molecule has 0 aliphatic heterocycles. The van der Waals surface area contributed by atoms with Crippen molar-refractivity contribution in [1.82, 2.24) is 0 Å². The standard InChI is InChI=1S/C14H22FNO3/c1-9(2)18-7-12(17)8-19-14-5-4-11(10(3)16)6-13(14)15/h4-6,9-10,12,17H,7-8,16H2,1-3H3/t10-,12?/m0/s1. The van der Waals surface area contributed by atoms with Gasteiger partial charge in [-0.15, -0.1) is 0 Å². The molecule has 0 saturated carbocycles. The molecule has 1 unspecified atom stereocenters. The second-order valence-electron chi connectivity index (χ2n) is 4.83. The summed E-state index contributed by atoms with van der Waals surface area (Å²) in [5.74, 6) is -0.375. The SMILES string of the molecule is CC(C)OCC(O)COc1ccc([C@H](C)N)cc1F. The zero-order valence-electron chi connectivity index (χ0n) is 11.6. The lowest BCUT2D eigenvalue weighted by Crippen LogP contribution is -2.25. The summed E-state index contributed by atoms with van der Waals surface area (Å²) in [5, 5.41) is 9.60. The Morgan fingerprint density at radius 1 is 1.26 bits per heavy atom. The monoisotopic (exact) mass is 271 g/mol. The Morgan fingerprint density at radius 3 is 2.47 bits per heavy atom. The molecule has 0 aliphatic carbocycles. The lowest BCUT2D eigenvalue weighted by atomic mass is 10.1. The zero-order valence-corrected chi connectivity index (χ0v) is 11.6. The lowest BCUT2D eigenvalue weighted by molar-refractivity contribution is -0.0127. The van der Waals surface area contributed by atoms with Crippen molar-refractivity contribution in [3.63, 3.8) is 0 Å². The molecular formula is C14H22FNO3. The molecule has 1 aromatic rings. The van der Waals surface area contributed by atoms with Crippen molar-refractivity contribution in [3.05, 3.63) is 29.6 Å². The molecule has 0 saturated heterocycles. The first kappa shape index (κ1) is 15.9. The minimum absolute atomic E-state index is 0.0127. The van der Waals surface area contributed by atoms with Crippen LogP contribution in [0.4, 0.5) is 4.39 Å². The second kappa shape index (κ2) is 7.43. The highest BCUT2D eigenvalue weighted by molar-refractivity contribution is 5.30. The van der Waals surface area contributed by atoms with Gasteiger partial charge in [-0.3, -0.25) is 0 Å². The van der Waals surface area contributed by atoms with E-state index in [1.165, 1.54) is 12.1 Å². The highest BCUT2D eigenvalue weighted by Gasteiger charge is 2.11. The maximum Gasteiger partial charge on any atom is 0.165 e. The fourth-order valence-corrected chi connectivity index (χ4v) is 1.45. The molecule has 0 heterocycles. The number of hydrogen-bond donors (Lipinski definition) is 2. The van der Waals surface area contributed by atoms with E-state index in [1.807, 2.05) is 13.8 Å². The van der Waals surface area contributed by atoms with E-state index < -0.39 is 11.9 Å². The minimum atomic E-state index is -0.782. The summed E-state index contributed by atoms with van der Waals surface area (Å²) in [7, 11) is 0. The largest absolute Gasteiger partial charge is 0.488 e. The molecule has 0 aromatic heterocycles. The summed E-state index contributed by atoms with van der Waals surface area (Å²) in [4.78, 5) is 0. The molecule has 0 amide bonds. The van der Waals surface area contributed by atoms with E-state index in [-0.39, 0.29) is 31.1 Å². The van der Waals surface area contributed by atoms with Crippen LogP contribution in [-0.4, -0.2) is 30.5 Å². The van der Waals surface area contributed by atoms with E-state index in [0.717, 1.165) is 0 Å². The smallest absolute Gasteiger partial charge is 0.165 e. The summed E-state index contributed by atoms with van der Waals surface area (Å²) in [6.45, 7) is 5.68. The molecule has 19 heavy (non-hydrogen) atoms. The topological polar surface area (TPSA) is 64.7 Å². The molecule has 1 rings (SSSR count). The van der Waals surface area contributed by atoms with Gasteiger partial charge < -0.3 is 20.3 Å². The molecular weight excluding hydrogens is 249 g/mol. The van der Waals surface area contributed by atoms with E-state index in [9.17, 15) is 9.50 Å². The van der Waals surface area contributed by atoms with Gasteiger partial charge in [0, 0.05) is 6.04 Å². The summed E-state index contributed by atoms with van der Waals surface area (Å²) in [6, 6.07) is 4.34. The fourth-order valence-electron chi connectivity index (χ4n) is 1.45. The minimum Gasteiger partial charge on any atom is -0.488 e. The molecule has 1 aromatic carbocycles. The van der Waals surface area contributed by atoms with Crippen LogP contribution in [0.1, 0.15) is 32.4 Å². The maximum atomic E-state index is 13.7. The number of ether oxygens (including phenoxy) is 2. The quantitative estimate of drug-likeness (QED) is 0.796. The van der Waals surface area contributed by atoms with Gasteiger partial charge in [0.25, 0.3) is 0 Å². The summed E-state index contributed by atoms with van der Waals surface area (Å²) < 4.78 is 24.1. The first-order valence-corrected chi connectivity index (χ1v) is 6.37. The molecule has 108 valence electrons. The van der Waals surface area contributed by atoms with Gasteiger partial charge in [-0.05, 0) is 38.5 Å². The number of aliphatic hydroxyl groups is 1. The van der Waals surface area contributed by atoms with Gasteiger partial charge >= 0.3 is 0 Å². The van der Waals surface area contributed by atoms with Gasteiger partial charge in [0.15, 0.2) is 11.6 Å². The van der Waals surface area contributed by atoms with Gasteiger partial charge in [0.2, 0.25) is 0 Å². The number of rotatable bonds is 7. The van der Waals surface area contributed by atoms with Crippen LogP contribution in [0.15, 0.2) is 18.2 Å². The highest BCUT2D eigenvalue weighted by Crippen LogP contribution is 2.21. The van der Waals surface area contributed by atoms with Crippen LogP contribution in [0, 0.1) is 5.82 Å². The molecule has 5 heteroatoms. The Kier molecular flexibility index (Phi) is 6.21. The Hall–Kier alpha value is -1.17. The van der Waals surface area contributed by atoms with Crippen LogP contribution in [0.2, 0.25) is 0 Å². The third kappa shape index (κ3) is 5.55. The maximum absolute atomic E-state index is 13.7. The van der Waals surface area contributed by atoms with E-state index in [1.54, 1.807) is 13.0 Å². The van der Waals surface area contributed by atoms with Crippen LogP contribution in [0.5, 0.6) is 5.75 Å². The van der Waals surface area contributed by atoms with Crippen LogP contribution in [-0.2, 0) is 4.74 Å². The van der Waals surface area contributed by atoms with Crippen LogP contribution < -0.4 is 10.5 Å². The van der Waals surface area contributed by atoms with Gasteiger partial charge in [0.1, 0.15) is 12.7 Å². The molecule has 2 atom stereocenters. The van der Waals surface area contributed by atoms with Crippen molar-refractivity contribution >= 4 is 0 Å². The molecule has 0 fully saturated rings. The summed E-state index contributed by atoms with van der Waals surface area (Å²) in [6.07, 6.45) is -0.744. The van der Waals surface area contributed by atoms with Gasteiger partial charge in [-0.2, -0.15) is 0 Å². The summed E-state index contributed by atoms with van der Waals surface area (Å²) in [5.41, 5.74) is 6.36. The van der Waals surface area contributed by atoms with E-state index in [0.29, 0.717) is 5.56 Å². The molecule has 0 aliphatic rings. The Balaban J connectivity index is 2.49. The van der Waals surface area contributed by atoms with Crippen molar-refractivity contribution in [2.45, 2.75) is 39.0 Å². The van der Waals surface area contributed by atoms with Crippen LogP contribution in [0.3, 0.4) is 0 Å². The van der Waals surface area contributed by atoms with Gasteiger partial charge in [0.05, 0.1) is 12.7 Å². The predicted octanol–water partition coefficient (Wildman–Crippen LogP) is 2.01. The van der Waals surface area contributed by atoms with Gasteiger partial charge in [-0.1, -0.05) is 6.07 Å². The highest BCUT2D eigenvalue weighted by atomic mass is 19.1. The number of nitrogens with two attached hydrogens (primary N) is 1. The average molecular weight is 271 g/mol. The molecule has 4 nitrogen and oxygen atoms in total. The third-order valence-electron chi connectivity index (χ3n) is 2.53. The van der Waals surface area contributed by atoms with Gasteiger partial charge in [-0.25, -0.2) is 4.39 Å². The molecule has 0 radical (unpaired) electrons. The lowest BCUT2D eigenvalue weighted by Gasteiger charge is -2.15. The number of halogens is 1. The fraction of sp³-hybridized carbons (Fsp3) is 0.571. The van der Waals surface area contributed by atoms with Crippen molar-refractivity contribution in [2.24, 2.45) is 5.73 Å². The zero-order chi connectivity index (χ0) is 14.4. The number of benzene rings is 1. The van der Waals surface area contributed by atoms with E-state index >= 15 is 0 Å². The van der Waals surface area contributed by atoms with Crippen molar-refractivity contribution in [3.8, 4) is 5.75 Å². The summed E-state index contributed by atoms with van der Waals surface area (Å²) >= 11 is 0. The Labute approximate surface area is 113 Å². The first-order chi connectivity index (χ1) is 8.90. The van der Waals surface area contributed by atoms with Crippen molar-refractivity contribution in [1.29, 1.82) is 0 Å². The normalized spacial score (nSPS) is 14.5. The Morgan fingerprint density at radius 2 is 1.95 bits per heavy atom. The van der Waals surface area contributed by atoms with E-state index in [4.69, 9.17) is 15.2 Å². The predicted molar refractivity (Wildman–Crippen MR) is 71.6 cm³/mol. The number of aliphatic hydroxyl groups excluding tert-OH is 1. The molecule has 0 spiro atoms. The third-order valence-corrected chi connectivity index (χ3v) is 2.53. The van der Waals surface area contributed by atoms with Crippen molar-refractivity contribution < 1.29 is 19.0 Å². The second-order valence-corrected chi connectivity index (χ2v) is 4.83. The van der Waals surface area contributed by atoms with E-state index in [2.05, 4.69) is 0 Å². The number of hydrogen-bond acceptors (Lipinski definition) is 4. The average Bonchev–Trinajstić information content (AvgIpc) is 2.34. The van der Waals surface area contributed by atoms with Crippen LogP contribution >= 0.6 is 0 Å².